The van der Waals surface area contributed by atoms with E-state index in [1.807, 2.05) is 11.6 Å². The fourth-order valence-electron chi connectivity index (χ4n) is 4.75. The summed E-state index contributed by atoms with van der Waals surface area (Å²) in [4.78, 5) is 20.3. The van der Waals surface area contributed by atoms with Crippen molar-refractivity contribution in [3.8, 4) is 0 Å². The number of hydrogen-bond acceptors (Lipinski definition) is 5. The molecule has 0 aliphatic carbocycles. The van der Waals surface area contributed by atoms with Crippen LogP contribution < -0.4 is 0 Å². The van der Waals surface area contributed by atoms with Crippen molar-refractivity contribution in [1.29, 1.82) is 0 Å². The monoisotopic (exact) mass is 371 g/mol. The van der Waals surface area contributed by atoms with E-state index in [1.54, 1.807) is 11.3 Å². The van der Waals surface area contributed by atoms with Crippen LogP contribution in [0.3, 0.4) is 0 Å². The number of benzene rings is 1. The van der Waals surface area contributed by atoms with E-state index in [0.29, 0.717) is 5.92 Å². The average molecular weight is 372 g/mol. The molecular weight excluding hydrogens is 346 g/mol. The molecule has 4 rings (SSSR count). The van der Waals surface area contributed by atoms with Crippen molar-refractivity contribution in [2.75, 3.05) is 32.7 Å². The number of aliphatic carboxylic acids is 1. The molecule has 0 bridgehead atoms. The second-order valence-electron chi connectivity index (χ2n) is 7.70. The van der Waals surface area contributed by atoms with Crippen LogP contribution in [0.4, 0.5) is 0 Å². The van der Waals surface area contributed by atoms with Gasteiger partial charge >= 0.3 is 5.97 Å². The summed E-state index contributed by atoms with van der Waals surface area (Å²) in [6.45, 7) is 4.96. The summed E-state index contributed by atoms with van der Waals surface area (Å²) in [5, 5.41) is 12.4. The van der Waals surface area contributed by atoms with Gasteiger partial charge in [-0.15, -0.1) is 11.3 Å². The molecule has 2 aromatic rings. The fourth-order valence-corrected chi connectivity index (χ4v) is 5.41. The molecule has 0 amide bonds. The van der Waals surface area contributed by atoms with Crippen LogP contribution in [0.2, 0.25) is 0 Å². The molecule has 2 fully saturated rings. The van der Waals surface area contributed by atoms with Crippen molar-refractivity contribution in [2.24, 2.45) is 11.3 Å². The van der Waals surface area contributed by atoms with Crippen molar-refractivity contribution >= 4 is 17.3 Å². The number of aromatic nitrogens is 1. The maximum atomic E-state index is 11.2. The lowest BCUT2D eigenvalue weighted by Crippen LogP contribution is -2.36. The minimum absolute atomic E-state index is 0.163. The zero-order valence-corrected chi connectivity index (χ0v) is 15.7. The Hall–Kier alpha value is -1.76. The van der Waals surface area contributed by atoms with E-state index in [0.717, 1.165) is 45.6 Å². The zero-order chi connectivity index (χ0) is 18.0. The smallest absolute Gasteiger partial charge is 0.317 e. The lowest BCUT2D eigenvalue weighted by atomic mass is 9.76. The molecule has 3 heterocycles. The number of thiazole rings is 1. The third kappa shape index (κ3) is 3.82. The Bertz CT molecular complexity index is 737. The predicted molar refractivity (Wildman–Crippen MR) is 102 cm³/mol. The lowest BCUT2D eigenvalue weighted by Gasteiger charge is -2.29. The molecule has 2 unspecified atom stereocenters. The number of carbonyl (C=O) groups is 1. The third-order valence-corrected chi connectivity index (χ3v) is 6.62. The summed E-state index contributed by atoms with van der Waals surface area (Å²) >= 11 is 1.72. The summed E-state index contributed by atoms with van der Waals surface area (Å²) in [5.74, 6) is -0.173. The average Bonchev–Trinajstić information content (AvgIpc) is 3.29. The Balaban J connectivity index is 1.47. The molecule has 138 valence electrons. The van der Waals surface area contributed by atoms with Crippen LogP contribution in [0, 0.1) is 11.3 Å². The first-order valence-corrected chi connectivity index (χ1v) is 10.1. The molecule has 1 N–H and O–H groups in total. The van der Waals surface area contributed by atoms with Gasteiger partial charge in [-0.25, -0.2) is 4.98 Å². The minimum atomic E-state index is -0.720. The maximum absolute atomic E-state index is 11.2. The van der Waals surface area contributed by atoms with Gasteiger partial charge in [0.2, 0.25) is 0 Å². The number of hydrogen-bond donors (Lipinski definition) is 1. The van der Waals surface area contributed by atoms with Gasteiger partial charge in [-0.3, -0.25) is 14.6 Å². The summed E-state index contributed by atoms with van der Waals surface area (Å²) in [6, 6.07) is 10.6. The van der Waals surface area contributed by atoms with Gasteiger partial charge < -0.3 is 5.11 Å². The first-order chi connectivity index (χ1) is 12.6. The van der Waals surface area contributed by atoms with Crippen molar-refractivity contribution in [3.63, 3.8) is 0 Å². The van der Waals surface area contributed by atoms with Gasteiger partial charge in [0.1, 0.15) is 5.01 Å². The minimum Gasteiger partial charge on any atom is -0.480 e. The molecule has 2 aliphatic rings. The van der Waals surface area contributed by atoms with E-state index in [1.165, 1.54) is 10.6 Å². The van der Waals surface area contributed by atoms with Crippen LogP contribution >= 0.6 is 11.3 Å². The van der Waals surface area contributed by atoms with E-state index in [2.05, 4.69) is 45.1 Å². The highest BCUT2D eigenvalue weighted by atomic mass is 32.1. The lowest BCUT2D eigenvalue weighted by molar-refractivity contribution is -0.138. The van der Waals surface area contributed by atoms with E-state index in [-0.39, 0.29) is 12.0 Å². The van der Waals surface area contributed by atoms with Crippen molar-refractivity contribution in [1.82, 2.24) is 14.8 Å². The SMILES string of the molecule is O=C(O)CN1CC2CN(Cc3nccs3)CC2(CCc2ccccc2)C1. The molecule has 2 atom stereocenters. The Labute approximate surface area is 158 Å². The molecule has 0 spiro atoms. The molecule has 0 radical (unpaired) electrons. The molecule has 2 aliphatic heterocycles. The van der Waals surface area contributed by atoms with Crippen LogP contribution in [0.15, 0.2) is 41.9 Å². The van der Waals surface area contributed by atoms with Gasteiger partial charge in [-0.2, -0.15) is 0 Å². The Kier molecular flexibility index (Phi) is 5.07. The Morgan fingerprint density at radius 3 is 2.73 bits per heavy atom. The molecule has 0 saturated carbocycles. The van der Waals surface area contributed by atoms with E-state index in [9.17, 15) is 9.90 Å². The van der Waals surface area contributed by atoms with Crippen LogP contribution in [0.25, 0.3) is 0 Å². The van der Waals surface area contributed by atoms with Gasteiger partial charge in [-0.05, 0) is 24.3 Å². The fraction of sp³-hybridized carbons (Fsp3) is 0.500. The number of rotatable bonds is 7. The standard InChI is InChI=1S/C20H25N3O2S/c24-19(25)13-23-11-17-10-22(12-18-21-8-9-26-18)14-20(17,15-23)7-6-16-4-2-1-3-5-16/h1-5,8-9,17H,6-7,10-15H2,(H,24,25). The normalized spacial score (nSPS) is 26.2. The number of nitrogens with zero attached hydrogens (tertiary/aromatic N) is 3. The van der Waals surface area contributed by atoms with Gasteiger partial charge in [0.25, 0.3) is 0 Å². The summed E-state index contributed by atoms with van der Waals surface area (Å²) < 4.78 is 0. The highest BCUT2D eigenvalue weighted by Gasteiger charge is 2.51. The first-order valence-electron chi connectivity index (χ1n) is 9.22. The van der Waals surface area contributed by atoms with Gasteiger partial charge in [-0.1, -0.05) is 30.3 Å². The van der Waals surface area contributed by atoms with Gasteiger partial charge in [0, 0.05) is 43.2 Å². The van der Waals surface area contributed by atoms with Crippen LogP contribution in [-0.2, 0) is 17.8 Å². The quantitative estimate of drug-likeness (QED) is 0.811. The van der Waals surface area contributed by atoms with E-state index >= 15 is 0 Å². The second kappa shape index (κ2) is 7.47. The largest absolute Gasteiger partial charge is 0.480 e. The highest BCUT2D eigenvalue weighted by molar-refractivity contribution is 7.09. The first kappa shape index (κ1) is 17.6. The molecule has 1 aromatic heterocycles. The zero-order valence-electron chi connectivity index (χ0n) is 14.9. The Morgan fingerprint density at radius 2 is 2.00 bits per heavy atom. The van der Waals surface area contributed by atoms with E-state index in [4.69, 9.17) is 0 Å². The molecule has 26 heavy (non-hydrogen) atoms. The maximum Gasteiger partial charge on any atom is 0.317 e. The number of fused-ring (bicyclic) bond motifs is 1. The number of carboxylic acids is 1. The number of likely N-dealkylation sites (tertiary alicyclic amines) is 2. The third-order valence-electron chi connectivity index (χ3n) is 5.86. The summed E-state index contributed by atoms with van der Waals surface area (Å²) in [7, 11) is 0. The topological polar surface area (TPSA) is 56.7 Å². The number of carboxylic acid groups (broad SMARTS) is 1. The van der Waals surface area contributed by atoms with Crippen LogP contribution in [-0.4, -0.2) is 58.6 Å². The predicted octanol–water partition coefficient (Wildman–Crippen LogP) is 2.59. The Morgan fingerprint density at radius 1 is 1.23 bits per heavy atom. The summed E-state index contributed by atoms with van der Waals surface area (Å²) in [5.41, 5.74) is 1.57. The van der Waals surface area contributed by atoms with Gasteiger partial charge in [0.05, 0.1) is 13.1 Å². The van der Waals surface area contributed by atoms with Crippen molar-refractivity contribution < 1.29 is 9.90 Å². The van der Waals surface area contributed by atoms with Crippen molar-refractivity contribution in [2.45, 2.75) is 19.4 Å². The molecule has 5 nitrogen and oxygen atoms in total. The summed E-state index contributed by atoms with van der Waals surface area (Å²) in [6.07, 6.45) is 4.05. The molecule has 1 aromatic carbocycles. The van der Waals surface area contributed by atoms with Crippen LogP contribution in [0.5, 0.6) is 0 Å². The second-order valence-corrected chi connectivity index (χ2v) is 8.68. The highest BCUT2D eigenvalue weighted by Crippen LogP contribution is 2.46. The molecule has 2 saturated heterocycles. The van der Waals surface area contributed by atoms with Crippen LogP contribution in [0.1, 0.15) is 17.0 Å². The molecular formula is C20H25N3O2S. The number of aryl methyl sites for hydroxylation is 1. The van der Waals surface area contributed by atoms with Gasteiger partial charge in [0.15, 0.2) is 0 Å². The molecule has 6 heteroatoms. The van der Waals surface area contributed by atoms with Crippen molar-refractivity contribution in [3.05, 3.63) is 52.5 Å². The van der Waals surface area contributed by atoms with E-state index < -0.39 is 5.97 Å².